The van der Waals surface area contributed by atoms with Crippen molar-refractivity contribution in [3.8, 4) is 0 Å². The number of hydrogen-bond acceptors (Lipinski definition) is 4. The maximum atomic E-state index is 13.0. The number of para-hydroxylation sites is 1. The molecule has 5 nitrogen and oxygen atoms in total. The first-order valence-electron chi connectivity index (χ1n) is 8.30. The van der Waals surface area contributed by atoms with Crippen molar-refractivity contribution in [2.45, 2.75) is 13.3 Å². The fourth-order valence-electron chi connectivity index (χ4n) is 2.65. The first kappa shape index (κ1) is 17.8. The van der Waals surface area contributed by atoms with Crippen LogP contribution in [0.2, 0.25) is 0 Å². The van der Waals surface area contributed by atoms with Crippen LogP contribution in [-0.4, -0.2) is 28.4 Å². The van der Waals surface area contributed by atoms with Gasteiger partial charge in [0, 0.05) is 6.54 Å². The first-order chi connectivity index (χ1) is 12.6. The normalized spacial score (nSPS) is 17.0. The second-order valence-electron chi connectivity index (χ2n) is 5.67. The lowest BCUT2D eigenvalue weighted by Crippen LogP contribution is -2.56. The van der Waals surface area contributed by atoms with Gasteiger partial charge in [-0.3, -0.25) is 19.4 Å². The number of benzene rings is 1. The predicted molar refractivity (Wildman–Crippen MR) is 104 cm³/mol. The third kappa shape index (κ3) is 3.50. The van der Waals surface area contributed by atoms with Gasteiger partial charge in [-0.15, -0.1) is 0 Å². The molecule has 0 spiro atoms. The van der Waals surface area contributed by atoms with Crippen molar-refractivity contribution in [2.24, 2.45) is 0 Å². The molecule has 1 aliphatic rings. The topological polar surface area (TPSA) is 53.8 Å². The number of carbonyl (C=O) groups is 2. The number of amides is 2. The van der Waals surface area contributed by atoms with Crippen LogP contribution < -0.4 is 4.90 Å². The van der Waals surface area contributed by atoms with E-state index < -0.39 is 5.91 Å². The van der Waals surface area contributed by atoms with Crippen molar-refractivity contribution in [2.75, 3.05) is 11.4 Å². The highest BCUT2D eigenvalue weighted by Crippen LogP contribution is 2.25. The van der Waals surface area contributed by atoms with E-state index in [0.717, 1.165) is 6.42 Å². The molecule has 0 N–H and O–H groups in total. The molecule has 0 bridgehead atoms. The molecule has 3 rings (SSSR count). The van der Waals surface area contributed by atoms with Crippen molar-refractivity contribution >= 4 is 40.9 Å². The van der Waals surface area contributed by atoms with Crippen LogP contribution in [0.25, 0.3) is 6.08 Å². The summed E-state index contributed by atoms with van der Waals surface area (Å²) in [5, 5.41) is 0.209. The van der Waals surface area contributed by atoms with Crippen LogP contribution >= 0.6 is 12.2 Å². The monoisotopic (exact) mass is 366 g/mol. The summed E-state index contributed by atoms with van der Waals surface area (Å²) in [5.41, 5.74) is 0.704. The van der Waals surface area contributed by atoms with E-state index >= 15 is 0 Å². The number of hydrogen-bond donors (Lipinski definition) is 0. The van der Waals surface area contributed by atoms with Crippen molar-refractivity contribution in [1.82, 2.24) is 4.90 Å². The highest BCUT2D eigenvalue weighted by molar-refractivity contribution is 7.80. The maximum absolute atomic E-state index is 13.0. The van der Waals surface area contributed by atoms with Crippen molar-refractivity contribution in [1.29, 1.82) is 0 Å². The zero-order valence-corrected chi connectivity index (χ0v) is 15.1. The highest BCUT2D eigenvalue weighted by atomic mass is 32.1. The van der Waals surface area contributed by atoms with Crippen molar-refractivity contribution < 1.29 is 14.0 Å². The Morgan fingerprint density at radius 1 is 1.08 bits per heavy atom. The Labute approximate surface area is 157 Å². The van der Waals surface area contributed by atoms with Crippen molar-refractivity contribution in [3.63, 3.8) is 0 Å². The average Bonchev–Trinajstić information content (AvgIpc) is 3.16. The molecule has 1 aromatic carbocycles. The summed E-state index contributed by atoms with van der Waals surface area (Å²) in [5.74, 6) is -0.167. The zero-order valence-electron chi connectivity index (χ0n) is 14.3. The number of rotatable bonds is 5. The van der Waals surface area contributed by atoms with Gasteiger partial charge >= 0.3 is 0 Å². The van der Waals surface area contributed by atoms with Gasteiger partial charge in [-0.25, -0.2) is 0 Å². The van der Waals surface area contributed by atoms with E-state index in [-0.39, 0.29) is 16.6 Å². The van der Waals surface area contributed by atoms with Crippen LogP contribution in [-0.2, 0) is 9.59 Å². The zero-order chi connectivity index (χ0) is 18.5. The van der Waals surface area contributed by atoms with E-state index in [2.05, 4.69) is 0 Å². The van der Waals surface area contributed by atoms with Crippen LogP contribution in [0.5, 0.6) is 0 Å². The molecule has 26 heavy (non-hydrogen) atoms. The van der Waals surface area contributed by atoms with Gasteiger partial charge in [0.25, 0.3) is 11.8 Å². The van der Waals surface area contributed by atoms with E-state index in [4.69, 9.17) is 16.6 Å². The van der Waals surface area contributed by atoms with Crippen LogP contribution in [0.1, 0.15) is 19.1 Å². The summed E-state index contributed by atoms with van der Waals surface area (Å²) in [6.07, 6.45) is 7.12. The van der Waals surface area contributed by atoms with Gasteiger partial charge in [0.2, 0.25) is 0 Å². The Bertz CT molecular complexity index is 870. The lowest BCUT2D eigenvalue weighted by atomic mass is 10.1. The number of anilines is 1. The summed E-state index contributed by atoms with van der Waals surface area (Å²) < 4.78 is 5.22. The predicted octanol–water partition coefficient (Wildman–Crippen LogP) is 3.79. The summed E-state index contributed by atoms with van der Waals surface area (Å²) in [7, 11) is 0. The molecule has 0 aliphatic carbocycles. The van der Waals surface area contributed by atoms with Gasteiger partial charge in [-0.1, -0.05) is 31.2 Å². The standard InChI is InChI=1S/C20H18N2O3S/c1-2-13-21-18(23)17(12-6-10-16-11-7-14-25-16)19(24)22(20(21)26)15-8-4-3-5-9-15/h3-12,14H,2,13H2,1H3/b10-6+,17-12+. The molecule has 2 aromatic rings. The van der Waals surface area contributed by atoms with E-state index in [1.807, 2.05) is 25.1 Å². The van der Waals surface area contributed by atoms with Gasteiger partial charge in [-0.05, 0) is 55.1 Å². The molecule has 1 aromatic heterocycles. The van der Waals surface area contributed by atoms with Crippen LogP contribution in [0.3, 0.4) is 0 Å². The summed E-state index contributed by atoms with van der Waals surface area (Å²) in [4.78, 5) is 28.6. The third-order valence-electron chi connectivity index (χ3n) is 3.86. The van der Waals surface area contributed by atoms with Crippen LogP contribution in [0, 0.1) is 0 Å². The van der Waals surface area contributed by atoms with E-state index in [0.29, 0.717) is 18.0 Å². The SMILES string of the molecule is CCCN1C(=O)/C(=C\C=C\c2ccco2)C(=O)N(c2ccccc2)C1=S. The minimum Gasteiger partial charge on any atom is -0.465 e. The molecule has 0 radical (unpaired) electrons. The Hall–Kier alpha value is -2.99. The molecule has 1 aliphatic heterocycles. The van der Waals surface area contributed by atoms with Crippen LogP contribution in [0.4, 0.5) is 5.69 Å². The smallest absolute Gasteiger partial charge is 0.270 e. The second-order valence-corrected chi connectivity index (χ2v) is 6.04. The van der Waals surface area contributed by atoms with Crippen molar-refractivity contribution in [3.05, 3.63) is 72.2 Å². The number of thiocarbonyl (C=S) groups is 1. The lowest BCUT2D eigenvalue weighted by molar-refractivity contribution is -0.128. The molecule has 132 valence electrons. The van der Waals surface area contributed by atoms with E-state index in [9.17, 15) is 9.59 Å². The Morgan fingerprint density at radius 2 is 1.85 bits per heavy atom. The van der Waals surface area contributed by atoms with E-state index in [1.54, 1.807) is 42.7 Å². The molecular weight excluding hydrogens is 348 g/mol. The largest absolute Gasteiger partial charge is 0.465 e. The summed E-state index contributed by atoms with van der Waals surface area (Å²) in [6.45, 7) is 2.41. The molecule has 0 saturated carbocycles. The van der Waals surface area contributed by atoms with Gasteiger partial charge < -0.3 is 4.42 Å². The third-order valence-corrected chi connectivity index (χ3v) is 4.26. The Kier molecular flexibility index (Phi) is 5.43. The van der Waals surface area contributed by atoms with Crippen LogP contribution in [0.15, 0.2) is 70.9 Å². The average molecular weight is 366 g/mol. The highest BCUT2D eigenvalue weighted by Gasteiger charge is 2.39. The number of allylic oxidation sites excluding steroid dienone is 2. The van der Waals surface area contributed by atoms with Gasteiger partial charge in [0.1, 0.15) is 11.3 Å². The first-order valence-corrected chi connectivity index (χ1v) is 8.71. The molecular formula is C20H18N2O3S. The summed E-state index contributed by atoms with van der Waals surface area (Å²) >= 11 is 5.43. The number of carbonyl (C=O) groups excluding carboxylic acids is 2. The maximum Gasteiger partial charge on any atom is 0.270 e. The van der Waals surface area contributed by atoms with Gasteiger partial charge in [0.15, 0.2) is 5.11 Å². The van der Waals surface area contributed by atoms with E-state index in [1.165, 1.54) is 15.9 Å². The minimum atomic E-state index is -0.428. The Morgan fingerprint density at radius 3 is 2.50 bits per heavy atom. The molecule has 0 unspecified atom stereocenters. The molecule has 1 saturated heterocycles. The fourth-order valence-corrected chi connectivity index (χ4v) is 3.01. The number of furan rings is 1. The minimum absolute atomic E-state index is 0.0682. The molecule has 0 atom stereocenters. The molecule has 2 heterocycles. The second kappa shape index (κ2) is 7.93. The quantitative estimate of drug-likeness (QED) is 0.459. The van der Waals surface area contributed by atoms with Gasteiger partial charge in [0.05, 0.1) is 12.0 Å². The number of nitrogens with zero attached hydrogens (tertiary/aromatic N) is 2. The summed E-state index contributed by atoms with van der Waals surface area (Å²) in [6, 6.07) is 12.6. The van der Waals surface area contributed by atoms with Gasteiger partial charge in [-0.2, -0.15) is 0 Å². The molecule has 1 fully saturated rings. The molecule has 2 amide bonds. The lowest BCUT2D eigenvalue weighted by Gasteiger charge is -2.36. The molecule has 6 heteroatoms. The fraction of sp³-hybridized carbons (Fsp3) is 0.150. The Balaban J connectivity index is 1.98.